The van der Waals surface area contributed by atoms with Gasteiger partial charge in [-0.15, -0.1) is 0 Å². The summed E-state index contributed by atoms with van der Waals surface area (Å²) in [5.41, 5.74) is 11.1. The molecule has 3 rings (SSSR count). The van der Waals surface area contributed by atoms with Crippen molar-refractivity contribution in [2.45, 2.75) is 214 Å². The Balaban J connectivity index is 2.13. The van der Waals surface area contributed by atoms with Crippen molar-refractivity contribution in [2.24, 2.45) is 22.9 Å². The van der Waals surface area contributed by atoms with Gasteiger partial charge in [0.05, 0.1) is 42.9 Å². The van der Waals surface area contributed by atoms with Crippen molar-refractivity contribution in [3.8, 4) is 5.75 Å². The summed E-state index contributed by atoms with van der Waals surface area (Å²) >= 11 is 0. The summed E-state index contributed by atoms with van der Waals surface area (Å²) in [5.74, 6) is -14.9. The predicted octanol–water partition coefficient (Wildman–Crippen LogP) is -3.04. The first-order chi connectivity index (χ1) is 37.2. The molecule has 0 spiro atoms. The molecule has 1 aromatic rings. The van der Waals surface area contributed by atoms with E-state index in [1.165, 1.54) is 38.5 Å². The van der Waals surface area contributed by atoms with Crippen molar-refractivity contribution in [3.63, 3.8) is 0 Å². The number of carboxylic acid groups (broad SMARTS) is 1. The van der Waals surface area contributed by atoms with E-state index in [0.29, 0.717) is 17.7 Å². The van der Waals surface area contributed by atoms with E-state index in [4.69, 9.17) is 22.9 Å². The van der Waals surface area contributed by atoms with Crippen LogP contribution in [-0.4, -0.2) is 196 Å². The molecule has 2 saturated heterocycles. The molecular weight excluding hydrogens is 1080 g/mol. The quantitative estimate of drug-likeness (QED) is 0.0183. The van der Waals surface area contributed by atoms with Crippen LogP contribution in [0.25, 0.3) is 0 Å². The molecule has 0 aromatic heterocycles. The highest BCUT2D eigenvalue weighted by Gasteiger charge is 2.82. The van der Waals surface area contributed by atoms with Crippen LogP contribution in [0.4, 0.5) is 0 Å². The molecule has 2 fully saturated rings. The van der Waals surface area contributed by atoms with Crippen molar-refractivity contribution in [3.05, 3.63) is 29.8 Å². The largest absolute Gasteiger partial charge is 0.479 e. The summed E-state index contributed by atoms with van der Waals surface area (Å²) in [7, 11) is -5.35. The Bertz CT molecular complexity index is 2490. The minimum absolute atomic E-state index is 0.0348. The fourth-order valence-electron chi connectivity index (χ4n) is 10.5. The number of benzene rings is 1. The number of β-amino-alcohol motifs (C(OH)–C–C–N with tert-alkyl or cyclic N) is 1. The third-order valence-corrected chi connectivity index (χ3v) is 15.4. The molecule has 18 N–H and O–H groups in total. The zero-order valence-electron chi connectivity index (χ0n) is 45.6. The summed E-state index contributed by atoms with van der Waals surface area (Å²) < 4.78 is 37.9. The molecule has 29 heteroatoms. The molecule has 2 heterocycles. The smallest absolute Gasteiger partial charge is 0.446 e. The highest BCUT2D eigenvalue weighted by Crippen LogP contribution is 2.55. The van der Waals surface area contributed by atoms with E-state index in [9.17, 15) is 87.1 Å². The minimum Gasteiger partial charge on any atom is -0.479 e. The van der Waals surface area contributed by atoms with Gasteiger partial charge in [-0.3, -0.25) is 42.9 Å². The van der Waals surface area contributed by atoms with Crippen LogP contribution < -0.4 is 37.8 Å². The number of amides is 6. The van der Waals surface area contributed by atoms with Crippen LogP contribution in [0.3, 0.4) is 0 Å². The van der Waals surface area contributed by atoms with E-state index in [2.05, 4.69) is 21.7 Å². The van der Waals surface area contributed by atoms with Gasteiger partial charge >= 0.3 is 16.4 Å². The molecule has 80 heavy (non-hydrogen) atoms. The lowest BCUT2D eigenvalue weighted by Gasteiger charge is -2.48. The molecule has 5 unspecified atom stereocenters. The second-order valence-electron chi connectivity index (χ2n) is 21.2. The average Bonchev–Trinajstić information content (AvgIpc) is 3.87. The average molecular weight is 1160 g/mol. The fraction of sp³-hybridized carbons (Fsp3) is 0.706. The Kier molecular flexibility index (Phi) is 25.5. The van der Waals surface area contributed by atoms with E-state index in [1.807, 2.05) is 0 Å². The summed E-state index contributed by atoms with van der Waals surface area (Å²) in [6.07, 6.45) is 0.418. The third kappa shape index (κ3) is 16.5. The van der Waals surface area contributed by atoms with Crippen LogP contribution in [0.15, 0.2) is 24.3 Å². The molecule has 0 saturated carbocycles. The van der Waals surface area contributed by atoms with Gasteiger partial charge in [0, 0.05) is 37.8 Å². The van der Waals surface area contributed by atoms with E-state index in [-0.39, 0.29) is 11.3 Å². The van der Waals surface area contributed by atoms with Crippen molar-refractivity contribution in [2.75, 3.05) is 13.1 Å². The van der Waals surface area contributed by atoms with Crippen LogP contribution in [0.2, 0.25) is 0 Å². The number of unbranched alkanes of at least 4 members (excludes halogenated alkanes) is 12. The molecule has 0 bridgehead atoms. The Hall–Kier alpha value is -5.76. The topological polar surface area (TPSA) is 493 Å². The number of ketones is 2. The Morgan fingerprint density at radius 2 is 1.36 bits per heavy atom. The number of Topliss-reactive ketones (excluding diaryl/α,β-unsaturated/α-hetero) is 2. The maximum atomic E-state index is 15.8. The van der Waals surface area contributed by atoms with Gasteiger partial charge in [-0.25, -0.2) is 4.79 Å². The fourth-order valence-corrected chi connectivity index (χ4v) is 10.8. The second kappa shape index (κ2) is 29.8. The highest BCUT2D eigenvalue weighted by atomic mass is 32.3. The molecule has 6 amide bonds. The summed E-state index contributed by atoms with van der Waals surface area (Å²) in [6.45, 7) is 2.70. The Morgan fingerprint density at radius 3 is 1.85 bits per heavy atom. The number of nitrogens with zero attached hydrogens (tertiary/aromatic N) is 2. The van der Waals surface area contributed by atoms with Gasteiger partial charge in [0.2, 0.25) is 41.0 Å². The number of primary amides is 2. The van der Waals surface area contributed by atoms with Crippen LogP contribution in [-0.2, 0) is 59.0 Å². The number of aliphatic carboxylic acids is 1. The molecule has 452 valence electrons. The van der Waals surface area contributed by atoms with Crippen molar-refractivity contribution in [1.29, 1.82) is 0 Å². The maximum absolute atomic E-state index is 15.8. The Labute approximate surface area is 464 Å². The number of carbonyl (C=O) groups excluding carboxylic acids is 8. The normalized spacial score (nSPS) is 24.1. The molecule has 1 aromatic carbocycles. The van der Waals surface area contributed by atoms with Crippen LogP contribution in [0, 0.1) is 0 Å². The lowest BCUT2D eigenvalue weighted by Crippen LogP contribution is -2.79. The first-order valence-corrected chi connectivity index (χ1v) is 28.1. The van der Waals surface area contributed by atoms with E-state index in [1.54, 1.807) is 0 Å². The number of likely N-dealkylation sites (tertiary alicyclic amines) is 2. The second-order valence-corrected chi connectivity index (χ2v) is 22.2. The van der Waals surface area contributed by atoms with Crippen LogP contribution >= 0.6 is 0 Å². The third-order valence-electron chi connectivity index (χ3n) is 15.0. The predicted molar refractivity (Wildman–Crippen MR) is 282 cm³/mol. The monoisotopic (exact) mass is 1160 g/mol. The standard InChI is InChI=1S/C51H82N8O20S/c1-5-6-7-8-9-10-11-12-13-14-15-16-17-21-38(66)56-33(24-36(64)44(55)69)45(70)57-41(29(3)61)47(72)58-26-31(62)23-34(58)42(67)51(75)49(4,30-19-18-20-32(22-30)79-80(76,77)78)27-59(46(71)40(54)35(63)25-37(52)65)50(51,48(73)74)43(68)39(53)28(2)60/h18-20,22,28-29,31,33-36,39-41,60-64,75H,5-17,21,23-27,53-54H2,1-4H3,(H2,52,65)(H2,55,69)(H,56,66)(H,57,70)(H,73,74)(H,76,77,78)/t28-,29-,31?,33+,34+,35?,36?,39+,40+,41+,49?,50-,51?/m1/s1. The first kappa shape index (κ1) is 68.5. The number of carbonyl (C=O) groups is 9. The van der Waals surface area contributed by atoms with Gasteiger partial charge in [0.15, 0.2) is 17.2 Å². The molecule has 0 aliphatic carbocycles. The molecule has 2 aliphatic rings. The number of carboxylic acids is 1. The molecular formula is C51H82N8O20S. The number of hydrogen-bond donors (Lipinski definition) is 14. The number of nitrogens with two attached hydrogens (primary N) is 4. The lowest BCUT2D eigenvalue weighted by molar-refractivity contribution is -0.186. The van der Waals surface area contributed by atoms with Gasteiger partial charge in [-0.2, -0.15) is 8.42 Å². The number of nitrogens with one attached hydrogen (secondary N) is 2. The van der Waals surface area contributed by atoms with Gasteiger partial charge in [0.25, 0.3) is 0 Å². The van der Waals surface area contributed by atoms with E-state index in [0.717, 1.165) is 77.1 Å². The number of aliphatic hydroxyl groups is 6. The van der Waals surface area contributed by atoms with Crippen LogP contribution in [0.1, 0.15) is 142 Å². The molecule has 0 radical (unpaired) electrons. The molecule has 2 aliphatic heterocycles. The Morgan fingerprint density at radius 1 is 0.812 bits per heavy atom. The van der Waals surface area contributed by atoms with Gasteiger partial charge in [-0.1, -0.05) is 103 Å². The SMILES string of the molecule is CCCCCCCCCCCCCCCC(=O)N[C@@H](CC(O)C(N)=O)C(=O)N[C@H](C(=O)N1CC(O)C[C@H]1C(=O)C1(O)C(C)(c2cccc(OS(=O)(=O)O)c2)CN(C(=O)[C@@H](N)C(O)CC(N)=O)[C@@]1(C(=O)O)C(=O)[C@@H](N)[C@@H](C)O)[C@@H](C)O. The molecule has 13 atom stereocenters. The van der Waals surface area contributed by atoms with Crippen molar-refractivity contribution >= 4 is 63.4 Å². The van der Waals surface area contributed by atoms with Gasteiger partial charge in [0.1, 0.15) is 30.0 Å². The first-order valence-electron chi connectivity index (χ1n) is 26.8. The zero-order valence-corrected chi connectivity index (χ0v) is 46.4. The van der Waals surface area contributed by atoms with E-state index < -0.39 is 184 Å². The maximum Gasteiger partial charge on any atom is 0.446 e. The van der Waals surface area contributed by atoms with Crippen LogP contribution in [0.5, 0.6) is 5.75 Å². The van der Waals surface area contributed by atoms with E-state index >= 15 is 4.79 Å². The van der Waals surface area contributed by atoms with Crippen molar-refractivity contribution in [1.82, 2.24) is 20.4 Å². The highest BCUT2D eigenvalue weighted by molar-refractivity contribution is 7.81. The number of rotatable bonds is 35. The summed E-state index contributed by atoms with van der Waals surface area (Å²) in [6, 6.07) is -7.44. The summed E-state index contributed by atoms with van der Waals surface area (Å²) in [5, 5.41) is 83.9. The van der Waals surface area contributed by atoms with Crippen molar-refractivity contribution < 1.29 is 96.1 Å². The van der Waals surface area contributed by atoms with Gasteiger partial charge in [-0.05, 0) is 38.0 Å². The molecule has 28 nitrogen and oxygen atoms in total. The number of hydrogen-bond acceptors (Lipinski definition) is 20. The minimum atomic E-state index is -5.35. The number of aliphatic hydroxyl groups excluding tert-OH is 5. The van der Waals surface area contributed by atoms with Gasteiger partial charge < -0.3 is 83.3 Å². The summed E-state index contributed by atoms with van der Waals surface area (Å²) in [4.78, 5) is 126. The zero-order chi connectivity index (χ0) is 60.7. The lowest BCUT2D eigenvalue weighted by atomic mass is 9.58.